The number of carbonyl (C=O) groups is 3. The second-order valence-electron chi connectivity index (χ2n) is 5.96. The Morgan fingerprint density at radius 3 is 2.15 bits per heavy atom. The summed E-state index contributed by atoms with van der Waals surface area (Å²) in [6.45, 7) is 8.68. The van der Waals surface area contributed by atoms with Gasteiger partial charge in [-0.05, 0) is 19.4 Å². The van der Waals surface area contributed by atoms with Crippen molar-refractivity contribution >= 4 is 18.0 Å². The van der Waals surface area contributed by atoms with E-state index in [1.807, 2.05) is 6.92 Å². The van der Waals surface area contributed by atoms with Gasteiger partial charge in [0.25, 0.3) is 0 Å². The zero-order chi connectivity index (χ0) is 20.2. The van der Waals surface area contributed by atoms with Gasteiger partial charge < -0.3 is 19.8 Å². The lowest BCUT2D eigenvalue weighted by molar-refractivity contribution is -0.134. The van der Waals surface area contributed by atoms with Gasteiger partial charge in [0.1, 0.15) is 0 Å². The maximum atomic E-state index is 11.6. The topological polar surface area (TPSA) is 107 Å². The number of aryl methyl sites for hydroxylation is 1. The molecule has 0 spiro atoms. The van der Waals surface area contributed by atoms with Crippen molar-refractivity contribution in [1.82, 2.24) is 9.80 Å². The SMILES string of the molecule is CCOC(=O)N1CCN(Cc2cccc(C)c2)CC1.O=C(O)/C=C\C(=O)O. The summed E-state index contributed by atoms with van der Waals surface area (Å²) in [5.74, 6) is -2.51. The zero-order valence-electron chi connectivity index (χ0n) is 15.6. The Labute approximate surface area is 158 Å². The lowest BCUT2D eigenvalue weighted by Crippen LogP contribution is -2.48. The quantitative estimate of drug-likeness (QED) is 0.754. The largest absolute Gasteiger partial charge is 0.478 e. The minimum Gasteiger partial charge on any atom is -0.478 e. The number of hydrogen-bond donors (Lipinski definition) is 2. The van der Waals surface area contributed by atoms with Gasteiger partial charge in [-0.15, -0.1) is 0 Å². The van der Waals surface area contributed by atoms with E-state index in [9.17, 15) is 14.4 Å². The molecule has 1 aliphatic rings. The number of carboxylic acid groups (broad SMARTS) is 2. The Hall–Kier alpha value is -2.87. The molecule has 0 atom stereocenters. The summed E-state index contributed by atoms with van der Waals surface area (Å²) < 4.78 is 5.02. The fourth-order valence-corrected chi connectivity index (χ4v) is 2.51. The number of aliphatic carboxylic acids is 2. The molecule has 1 aromatic carbocycles. The van der Waals surface area contributed by atoms with Crippen molar-refractivity contribution in [2.45, 2.75) is 20.4 Å². The summed E-state index contributed by atoms with van der Waals surface area (Å²) >= 11 is 0. The summed E-state index contributed by atoms with van der Waals surface area (Å²) in [5.41, 5.74) is 2.63. The van der Waals surface area contributed by atoms with Gasteiger partial charge in [-0.1, -0.05) is 29.8 Å². The standard InChI is InChI=1S/C15H22N2O2.C4H4O4/c1-3-19-15(18)17-9-7-16(8-10-17)12-14-6-4-5-13(2)11-14;5-3(6)1-2-4(7)8/h4-6,11H,3,7-10,12H2,1-2H3;1-2H,(H,5,6)(H,7,8)/b;2-1-. The zero-order valence-corrected chi connectivity index (χ0v) is 15.6. The number of hydrogen-bond acceptors (Lipinski definition) is 5. The molecule has 0 saturated carbocycles. The predicted octanol–water partition coefficient (Wildman–Crippen LogP) is 1.98. The summed E-state index contributed by atoms with van der Waals surface area (Å²) in [5, 5.41) is 15.6. The predicted molar refractivity (Wildman–Crippen MR) is 99.5 cm³/mol. The third kappa shape index (κ3) is 9.41. The number of amides is 1. The van der Waals surface area contributed by atoms with E-state index in [-0.39, 0.29) is 6.09 Å². The molecule has 1 aromatic rings. The van der Waals surface area contributed by atoms with Crippen LogP contribution in [0.25, 0.3) is 0 Å². The highest BCUT2D eigenvalue weighted by Gasteiger charge is 2.21. The van der Waals surface area contributed by atoms with Crippen LogP contribution in [0.2, 0.25) is 0 Å². The summed E-state index contributed by atoms with van der Waals surface area (Å²) in [4.78, 5) is 34.9. The van der Waals surface area contributed by atoms with Crippen molar-refractivity contribution in [3.05, 3.63) is 47.5 Å². The fourth-order valence-electron chi connectivity index (χ4n) is 2.51. The van der Waals surface area contributed by atoms with Crippen LogP contribution in [0, 0.1) is 6.92 Å². The molecule has 1 heterocycles. The van der Waals surface area contributed by atoms with Gasteiger partial charge in [-0.3, -0.25) is 4.90 Å². The number of ether oxygens (including phenoxy) is 1. The van der Waals surface area contributed by atoms with Crippen molar-refractivity contribution in [2.24, 2.45) is 0 Å². The van der Waals surface area contributed by atoms with Crippen molar-refractivity contribution in [2.75, 3.05) is 32.8 Å². The number of benzene rings is 1. The van der Waals surface area contributed by atoms with Gasteiger partial charge in [0, 0.05) is 44.9 Å². The normalized spacial score (nSPS) is 14.4. The molecule has 1 amide bonds. The smallest absolute Gasteiger partial charge is 0.409 e. The average Bonchev–Trinajstić information content (AvgIpc) is 2.61. The first-order valence-electron chi connectivity index (χ1n) is 8.65. The van der Waals surface area contributed by atoms with Gasteiger partial charge in [-0.25, -0.2) is 14.4 Å². The third-order valence-electron chi connectivity index (χ3n) is 3.76. The minimum absolute atomic E-state index is 0.183. The molecule has 0 aromatic heterocycles. The minimum atomic E-state index is -1.26. The Balaban J connectivity index is 0.000000387. The van der Waals surface area contributed by atoms with E-state index >= 15 is 0 Å². The van der Waals surface area contributed by atoms with E-state index < -0.39 is 11.9 Å². The molecule has 0 aliphatic carbocycles. The monoisotopic (exact) mass is 378 g/mol. The summed E-state index contributed by atoms with van der Waals surface area (Å²) in [6, 6.07) is 8.59. The number of rotatable bonds is 5. The van der Waals surface area contributed by atoms with Gasteiger partial charge in [0.2, 0.25) is 0 Å². The number of piperazine rings is 1. The van der Waals surface area contributed by atoms with Crippen molar-refractivity contribution in [1.29, 1.82) is 0 Å². The lowest BCUT2D eigenvalue weighted by atomic mass is 10.1. The van der Waals surface area contributed by atoms with E-state index in [1.165, 1.54) is 11.1 Å². The molecule has 8 nitrogen and oxygen atoms in total. The van der Waals surface area contributed by atoms with E-state index in [2.05, 4.69) is 36.1 Å². The lowest BCUT2D eigenvalue weighted by Gasteiger charge is -2.34. The Morgan fingerprint density at radius 2 is 1.67 bits per heavy atom. The first-order chi connectivity index (χ1) is 12.8. The molecule has 2 N–H and O–H groups in total. The number of carbonyl (C=O) groups excluding carboxylic acids is 1. The molecule has 2 rings (SSSR count). The van der Waals surface area contributed by atoms with Crippen LogP contribution in [0.3, 0.4) is 0 Å². The Morgan fingerprint density at radius 1 is 1.07 bits per heavy atom. The third-order valence-corrected chi connectivity index (χ3v) is 3.76. The molecule has 27 heavy (non-hydrogen) atoms. The maximum absolute atomic E-state index is 11.6. The van der Waals surface area contributed by atoms with Crippen LogP contribution < -0.4 is 0 Å². The molecular formula is C19H26N2O6. The average molecular weight is 378 g/mol. The molecule has 148 valence electrons. The molecule has 8 heteroatoms. The van der Waals surface area contributed by atoms with Crippen molar-refractivity contribution in [3.8, 4) is 0 Å². The highest BCUT2D eigenvalue weighted by atomic mass is 16.6. The van der Waals surface area contributed by atoms with Crippen LogP contribution in [0.15, 0.2) is 36.4 Å². The first kappa shape index (κ1) is 22.2. The Kier molecular flexibility index (Phi) is 9.60. The van der Waals surface area contributed by atoms with E-state index in [0.717, 1.165) is 32.7 Å². The molecule has 0 unspecified atom stereocenters. The van der Waals surface area contributed by atoms with Crippen molar-refractivity contribution < 1.29 is 29.3 Å². The van der Waals surface area contributed by atoms with Crippen LogP contribution in [0.1, 0.15) is 18.1 Å². The molecule has 0 bridgehead atoms. The van der Waals surface area contributed by atoms with Crippen LogP contribution in [-0.4, -0.2) is 70.8 Å². The molecular weight excluding hydrogens is 352 g/mol. The van der Waals surface area contributed by atoms with E-state index in [0.29, 0.717) is 18.8 Å². The fraction of sp³-hybridized carbons (Fsp3) is 0.421. The first-order valence-corrected chi connectivity index (χ1v) is 8.65. The maximum Gasteiger partial charge on any atom is 0.409 e. The summed E-state index contributed by atoms with van der Waals surface area (Å²) in [7, 11) is 0. The van der Waals surface area contributed by atoms with Gasteiger partial charge in [0.05, 0.1) is 6.61 Å². The van der Waals surface area contributed by atoms with Crippen LogP contribution in [-0.2, 0) is 20.9 Å². The molecule has 1 saturated heterocycles. The highest BCUT2D eigenvalue weighted by Crippen LogP contribution is 2.10. The second kappa shape index (κ2) is 11.7. The number of carboxylic acids is 2. The van der Waals surface area contributed by atoms with E-state index in [4.69, 9.17) is 14.9 Å². The Bertz CT molecular complexity index is 650. The highest BCUT2D eigenvalue weighted by molar-refractivity contribution is 5.89. The number of nitrogens with zero attached hydrogens (tertiary/aromatic N) is 2. The van der Waals surface area contributed by atoms with Gasteiger partial charge in [0.15, 0.2) is 0 Å². The van der Waals surface area contributed by atoms with Crippen LogP contribution in [0.4, 0.5) is 4.79 Å². The van der Waals surface area contributed by atoms with Crippen molar-refractivity contribution in [3.63, 3.8) is 0 Å². The van der Waals surface area contributed by atoms with Gasteiger partial charge >= 0.3 is 18.0 Å². The van der Waals surface area contributed by atoms with Crippen LogP contribution >= 0.6 is 0 Å². The molecule has 0 radical (unpaired) electrons. The van der Waals surface area contributed by atoms with Gasteiger partial charge in [-0.2, -0.15) is 0 Å². The molecule has 1 fully saturated rings. The second-order valence-corrected chi connectivity index (χ2v) is 5.96. The van der Waals surface area contributed by atoms with Crippen LogP contribution in [0.5, 0.6) is 0 Å². The summed E-state index contributed by atoms with van der Waals surface area (Å²) in [6.07, 6.45) is 0.933. The molecule has 1 aliphatic heterocycles. The van der Waals surface area contributed by atoms with E-state index in [1.54, 1.807) is 4.90 Å².